The Hall–Kier alpha value is -0.820. The zero-order chi connectivity index (χ0) is 12.4. The fourth-order valence-corrected chi connectivity index (χ4v) is 4.01. The van der Waals surface area contributed by atoms with Crippen LogP contribution in [0.25, 0.3) is 0 Å². The SMILES string of the molecule is Cc1cccc(CCNCC2CC3CCC2C3)c1. The zero-order valence-corrected chi connectivity index (χ0v) is 11.5. The van der Waals surface area contributed by atoms with Crippen molar-refractivity contribution in [2.24, 2.45) is 17.8 Å². The van der Waals surface area contributed by atoms with Crippen LogP contribution in [0, 0.1) is 24.7 Å². The molecule has 1 aromatic rings. The molecule has 3 unspecified atom stereocenters. The maximum absolute atomic E-state index is 3.68. The van der Waals surface area contributed by atoms with Crippen LogP contribution in [0.15, 0.2) is 24.3 Å². The van der Waals surface area contributed by atoms with Crippen LogP contribution < -0.4 is 5.32 Å². The molecule has 2 aliphatic rings. The quantitative estimate of drug-likeness (QED) is 0.780. The Morgan fingerprint density at radius 3 is 2.89 bits per heavy atom. The predicted octanol–water partition coefficient (Wildman–Crippen LogP) is 3.56. The molecule has 3 atom stereocenters. The number of benzene rings is 1. The number of aryl methyl sites for hydroxylation is 1. The first kappa shape index (κ1) is 12.2. The Kier molecular flexibility index (Phi) is 3.69. The van der Waals surface area contributed by atoms with Gasteiger partial charge >= 0.3 is 0 Å². The predicted molar refractivity (Wildman–Crippen MR) is 76.7 cm³/mol. The van der Waals surface area contributed by atoms with Gasteiger partial charge in [0.15, 0.2) is 0 Å². The van der Waals surface area contributed by atoms with E-state index in [1.807, 2.05) is 0 Å². The van der Waals surface area contributed by atoms with E-state index in [4.69, 9.17) is 0 Å². The summed E-state index contributed by atoms with van der Waals surface area (Å²) in [6, 6.07) is 8.89. The van der Waals surface area contributed by atoms with Crippen LogP contribution >= 0.6 is 0 Å². The van der Waals surface area contributed by atoms with Gasteiger partial charge in [0.25, 0.3) is 0 Å². The lowest BCUT2D eigenvalue weighted by Gasteiger charge is -2.21. The van der Waals surface area contributed by atoms with Crippen molar-refractivity contribution in [1.29, 1.82) is 0 Å². The average Bonchev–Trinajstić information content (AvgIpc) is 2.97. The molecule has 0 radical (unpaired) electrons. The van der Waals surface area contributed by atoms with Gasteiger partial charge in [-0.05, 0) is 69.0 Å². The van der Waals surface area contributed by atoms with Crippen molar-refractivity contribution in [3.63, 3.8) is 0 Å². The highest BCUT2D eigenvalue weighted by atomic mass is 14.9. The Morgan fingerprint density at radius 2 is 2.17 bits per heavy atom. The molecular weight excluding hydrogens is 218 g/mol. The van der Waals surface area contributed by atoms with Crippen LogP contribution in [-0.2, 0) is 6.42 Å². The summed E-state index contributed by atoms with van der Waals surface area (Å²) in [6.45, 7) is 4.57. The van der Waals surface area contributed by atoms with E-state index in [1.54, 1.807) is 0 Å². The van der Waals surface area contributed by atoms with Gasteiger partial charge in [0.2, 0.25) is 0 Å². The van der Waals surface area contributed by atoms with E-state index >= 15 is 0 Å². The summed E-state index contributed by atoms with van der Waals surface area (Å²) in [4.78, 5) is 0. The Labute approximate surface area is 111 Å². The van der Waals surface area contributed by atoms with Gasteiger partial charge in [-0.2, -0.15) is 0 Å². The summed E-state index contributed by atoms with van der Waals surface area (Å²) < 4.78 is 0. The minimum absolute atomic E-state index is 0.987. The minimum atomic E-state index is 0.987. The summed E-state index contributed by atoms with van der Waals surface area (Å²) >= 11 is 0. The van der Waals surface area contributed by atoms with Gasteiger partial charge in [-0.1, -0.05) is 36.2 Å². The molecule has 1 aromatic carbocycles. The monoisotopic (exact) mass is 243 g/mol. The Balaban J connectivity index is 1.38. The summed E-state index contributed by atoms with van der Waals surface area (Å²) in [5.41, 5.74) is 2.84. The van der Waals surface area contributed by atoms with Crippen molar-refractivity contribution in [1.82, 2.24) is 5.32 Å². The van der Waals surface area contributed by atoms with Gasteiger partial charge in [0.05, 0.1) is 0 Å². The molecular formula is C17H25N. The van der Waals surface area contributed by atoms with E-state index < -0.39 is 0 Å². The van der Waals surface area contributed by atoms with E-state index in [1.165, 1.54) is 49.8 Å². The first-order valence-corrected chi connectivity index (χ1v) is 7.57. The summed E-state index contributed by atoms with van der Waals surface area (Å²) in [6.07, 6.45) is 7.23. The van der Waals surface area contributed by atoms with Crippen LogP contribution in [0.1, 0.15) is 36.8 Å². The maximum Gasteiger partial charge on any atom is -0.000823 e. The second kappa shape index (κ2) is 5.44. The van der Waals surface area contributed by atoms with E-state index in [0.717, 1.165) is 24.3 Å². The summed E-state index contributed by atoms with van der Waals surface area (Å²) in [5.74, 6) is 3.13. The number of hydrogen-bond donors (Lipinski definition) is 1. The van der Waals surface area contributed by atoms with E-state index in [2.05, 4.69) is 36.5 Å². The first-order valence-electron chi connectivity index (χ1n) is 7.57. The number of hydrogen-bond acceptors (Lipinski definition) is 1. The first-order chi connectivity index (χ1) is 8.81. The number of nitrogens with one attached hydrogen (secondary N) is 1. The molecule has 18 heavy (non-hydrogen) atoms. The molecule has 0 amide bonds. The van der Waals surface area contributed by atoms with Crippen LogP contribution in [0.2, 0.25) is 0 Å². The van der Waals surface area contributed by atoms with Crippen molar-refractivity contribution in [3.05, 3.63) is 35.4 Å². The molecule has 3 rings (SSSR count). The fourth-order valence-electron chi connectivity index (χ4n) is 4.01. The van der Waals surface area contributed by atoms with Gasteiger partial charge < -0.3 is 5.32 Å². The molecule has 1 N–H and O–H groups in total. The highest BCUT2D eigenvalue weighted by Gasteiger charge is 2.38. The van der Waals surface area contributed by atoms with Gasteiger partial charge in [0.1, 0.15) is 0 Å². The van der Waals surface area contributed by atoms with Crippen LogP contribution in [0.5, 0.6) is 0 Å². The van der Waals surface area contributed by atoms with Crippen molar-refractivity contribution in [2.75, 3.05) is 13.1 Å². The molecule has 0 saturated heterocycles. The Morgan fingerprint density at radius 1 is 1.22 bits per heavy atom. The second-order valence-corrected chi connectivity index (χ2v) is 6.38. The third kappa shape index (κ3) is 2.77. The van der Waals surface area contributed by atoms with Crippen molar-refractivity contribution in [3.8, 4) is 0 Å². The molecule has 1 nitrogen and oxygen atoms in total. The summed E-state index contributed by atoms with van der Waals surface area (Å²) in [5, 5.41) is 3.68. The van der Waals surface area contributed by atoms with Crippen LogP contribution in [0.3, 0.4) is 0 Å². The van der Waals surface area contributed by atoms with E-state index in [-0.39, 0.29) is 0 Å². The third-order valence-electron chi connectivity index (χ3n) is 4.96. The molecule has 1 heteroatoms. The molecule has 0 aromatic heterocycles. The molecule has 2 aliphatic carbocycles. The zero-order valence-electron chi connectivity index (χ0n) is 11.5. The topological polar surface area (TPSA) is 12.0 Å². The normalized spacial score (nSPS) is 29.9. The molecule has 2 bridgehead atoms. The van der Waals surface area contributed by atoms with E-state index in [0.29, 0.717) is 0 Å². The lowest BCUT2D eigenvalue weighted by atomic mass is 9.89. The molecule has 2 saturated carbocycles. The van der Waals surface area contributed by atoms with Gasteiger partial charge in [0, 0.05) is 0 Å². The highest BCUT2D eigenvalue weighted by Crippen LogP contribution is 2.47. The molecule has 2 fully saturated rings. The largest absolute Gasteiger partial charge is 0.316 e. The fraction of sp³-hybridized carbons (Fsp3) is 0.647. The molecule has 98 valence electrons. The average molecular weight is 243 g/mol. The van der Waals surface area contributed by atoms with E-state index in [9.17, 15) is 0 Å². The van der Waals surface area contributed by atoms with Crippen molar-refractivity contribution < 1.29 is 0 Å². The van der Waals surface area contributed by atoms with Gasteiger partial charge in [-0.15, -0.1) is 0 Å². The van der Waals surface area contributed by atoms with Crippen molar-refractivity contribution >= 4 is 0 Å². The van der Waals surface area contributed by atoms with Crippen LogP contribution in [-0.4, -0.2) is 13.1 Å². The molecule has 0 heterocycles. The Bertz CT molecular complexity index is 398. The van der Waals surface area contributed by atoms with Gasteiger partial charge in [-0.3, -0.25) is 0 Å². The maximum atomic E-state index is 3.68. The van der Waals surface area contributed by atoms with Crippen LogP contribution in [0.4, 0.5) is 0 Å². The third-order valence-corrected chi connectivity index (χ3v) is 4.96. The minimum Gasteiger partial charge on any atom is -0.316 e. The van der Waals surface area contributed by atoms with Gasteiger partial charge in [-0.25, -0.2) is 0 Å². The standard InChI is InChI=1S/C17H25N/c1-13-3-2-4-14(9-13)7-8-18-12-17-11-15-5-6-16(17)10-15/h2-4,9,15-18H,5-8,10-12H2,1H3. The smallest absolute Gasteiger partial charge is 0.000823 e. The highest BCUT2D eigenvalue weighted by molar-refractivity contribution is 5.22. The molecule has 0 aliphatic heterocycles. The summed E-state index contributed by atoms with van der Waals surface area (Å²) in [7, 11) is 0. The lowest BCUT2D eigenvalue weighted by molar-refractivity contribution is 0.320. The molecule has 0 spiro atoms. The lowest BCUT2D eigenvalue weighted by Crippen LogP contribution is -2.28. The number of fused-ring (bicyclic) bond motifs is 2. The number of rotatable bonds is 5. The van der Waals surface area contributed by atoms with Crippen molar-refractivity contribution in [2.45, 2.75) is 39.0 Å². The second-order valence-electron chi connectivity index (χ2n) is 6.38.